The van der Waals surface area contributed by atoms with E-state index in [1.54, 1.807) is 30.1 Å². The van der Waals surface area contributed by atoms with Crippen molar-refractivity contribution in [3.63, 3.8) is 0 Å². The number of carbonyl (C=O) groups is 1. The molecule has 4 heterocycles. The van der Waals surface area contributed by atoms with Gasteiger partial charge >= 0.3 is 5.97 Å². The van der Waals surface area contributed by atoms with Crippen molar-refractivity contribution in [2.24, 2.45) is 5.92 Å². The highest BCUT2D eigenvalue weighted by molar-refractivity contribution is 5.72. The Morgan fingerprint density at radius 2 is 1.87 bits per heavy atom. The molecule has 12 nitrogen and oxygen atoms in total. The molecule has 0 saturated carbocycles. The highest BCUT2D eigenvalue weighted by Crippen LogP contribution is 2.27. The summed E-state index contributed by atoms with van der Waals surface area (Å²) in [4.78, 5) is 27.8. The Balaban J connectivity index is 1.29. The highest BCUT2D eigenvalue weighted by Gasteiger charge is 2.28. The van der Waals surface area contributed by atoms with Gasteiger partial charge in [0, 0.05) is 25.8 Å². The van der Waals surface area contributed by atoms with Gasteiger partial charge in [0.1, 0.15) is 11.5 Å². The van der Waals surface area contributed by atoms with Crippen molar-refractivity contribution in [2.75, 3.05) is 37.0 Å². The van der Waals surface area contributed by atoms with Crippen LogP contribution in [0.5, 0.6) is 0 Å². The van der Waals surface area contributed by atoms with Crippen LogP contribution in [0, 0.1) is 17.2 Å². The molecule has 1 unspecified atom stereocenters. The Morgan fingerprint density at radius 1 is 1.04 bits per heavy atom. The summed E-state index contributed by atoms with van der Waals surface area (Å²) in [6.07, 6.45) is 2.40. The molecule has 1 aliphatic rings. The molecule has 226 valence electrons. The number of benzene rings is 2. The maximum absolute atomic E-state index is 11.4. The third-order valence-corrected chi connectivity index (χ3v) is 7.63. The molecule has 2 atom stereocenters. The number of methoxy groups -OCH3 is 1. The summed E-state index contributed by atoms with van der Waals surface area (Å²) in [5, 5.41) is 31.0. The van der Waals surface area contributed by atoms with Crippen LogP contribution in [0.3, 0.4) is 0 Å². The first-order chi connectivity index (χ1) is 22.0. The van der Waals surface area contributed by atoms with Gasteiger partial charge in [0.25, 0.3) is 0 Å². The number of anilines is 2. The molecule has 3 aromatic heterocycles. The Labute approximate surface area is 260 Å². The van der Waals surface area contributed by atoms with E-state index in [9.17, 15) is 15.2 Å². The van der Waals surface area contributed by atoms with Crippen LogP contribution >= 0.6 is 0 Å². The number of carboxylic acids is 1. The van der Waals surface area contributed by atoms with Gasteiger partial charge < -0.3 is 20.1 Å². The summed E-state index contributed by atoms with van der Waals surface area (Å²) in [6.45, 7) is 1.86. The minimum Gasteiger partial charge on any atom is -0.481 e. The summed E-state index contributed by atoms with van der Waals surface area (Å²) < 4.78 is 7.18. The van der Waals surface area contributed by atoms with Crippen molar-refractivity contribution in [1.82, 2.24) is 29.9 Å². The summed E-state index contributed by atoms with van der Waals surface area (Å²) >= 11 is 0. The van der Waals surface area contributed by atoms with Crippen LogP contribution < -0.4 is 10.2 Å². The van der Waals surface area contributed by atoms with E-state index >= 15 is 0 Å². The third kappa shape index (κ3) is 6.95. The van der Waals surface area contributed by atoms with Gasteiger partial charge in [-0.2, -0.15) is 5.26 Å². The Hall–Kier alpha value is -5.67. The van der Waals surface area contributed by atoms with E-state index in [0.29, 0.717) is 61.3 Å². The SMILES string of the molecule is COCC(Nc1nc(-c2cccc(C#N)c2)cc(-c2cn(Cc3cccc(N4CC[C@H](C(=O)O)C4)n3)nn2)n1)c1ccccc1. The molecule has 45 heavy (non-hydrogen) atoms. The van der Waals surface area contributed by atoms with Gasteiger partial charge in [0.15, 0.2) is 0 Å². The van der Waals surface area contributed by atoms with Gasteiger partial charge in [-0.1, -0.05) is 53.7 Å². The second-order valence-corrected chi connectivity index (χ2v) is 10.8. The lowest BCUT2D eigenvalue weighted by molar-refractivity contribution is -0.140. The zero-order valence-electron chi connectivity index (χ0n) is 24.6. The maximum atomic E-state index is 11.4. The average Bonchev–Trinajstić information content (AvgIpc) is 3.76. The van der Waals surface area contributed by atoms with Crippen LogP contribution in [-0.4, -0.2) is 67.8 Å². The Kier molecular flexibility index (Phi) is 8.70. The molecule has 0 spiro atoms. The number of rotatable bonds is 11. The predicted octanol–water partition coefficient (Wildman–Crippen LogP) is 4.43. The smallest absolute Gasteiger partial charge is 0.308 e. The lowest BCUT2D eigenvalue weighted by Crippen LogP contribution is -2.23. The summed E-state index contributed by atoms with van der Waals surface area (Å²) in [7, 11) is 1.65. The zero-order chi connectivity index (χ0) is 31.2. The monoisotopic (exact) mass is 601 g/mol. The first-order valence-electron chi connectivity index (χ1n) is 14.5. The molecule has 0 radical (unpaired) electrons. The standard InChI is InChI=1S/C33H31N9O3/c1-45-21-30(23-8-3-2-4-9-23)38-33-36-27(24-10-5-7-22(15-24)17-34)16-28(37-33)29-20-42(40-39-29)19-26-11-6-12-31(35-26)41-14-13-25(18-41)32(43)44/h2-12,15-16,20,25,30H,13-14,18-19,21H2,1H3,(H,43,44)(H,36,37,38)/t25-,30?/m0/s1. The molecule has 1 fully saturated rings. The normalized spacial score (nSPS) is 15.0. The Morgan fingerprint density at radius 3 is 2.64 bits per heavy atom. The third-order valence-electron chi connectivity index (χ3n) is 7.63. The highest BCUT2D eigenvalue weighted by atomic mass is 16.5. The van der Waals surface area contributed by atoms with Crippen LogP contribution in [0.1, 0.15) is 29.3 Å². The second-order valence-electron chi connectivity index (χ2n) is 10.8. The van der Waals surface area contributed by atoms with Gasteiger partial charge in [-0.05, 0) is 42.3 Å². The summed E-state index contributed by atoms with van der Waals surface area (Å²) in [5.41, 5.74) is 4.81. The molecule has 6 rings (SSSR count). The van der Waals surface area contributed by atoms with Crippen molar-refractivity contribution in [1.29, 1.82) is 5.26 Å². The van der Waals surface area contributed by atoms with E-state index in [1.807, 2.05) is 71.6 Å². The molecule has 0 amide bonds. The minimum atomic E-state index is -0.776. The fraction of sp³-hybridized carbons (Fsp3) is 0.242. The molecule has 0 aliphatic carbocycles. The first kappa shape index (κ1) is 29.4. The van der Waals surface area contributed by atoms with E-state index in [2.05, 4.69) is 21.7 Å². The lowest BCUT2D eigenvalue weighted by Gasteiger charge is -2.19. The van der Waals surface area contributed by atoms with Crippen LogP contribution in [0.4, 0.5) is 11.8 Å². The van der Waals surface area contributed by atoms with Crippen LogP contribution in [0.15, 0.2) is 85.1 Å². The molecule has 1 saturated heterocycles. The second kappa shape index (κ2) is 13.3. The fourth-order valence-corrected chi connectivity index (χ4v) is 5.33. The molecular formula is C33H31N9O3. The molecule has 2 N–H and O–H groups in total. The number of nitrogens with zero attached hydrogens (tertiary/aromatic N) is 8. The maximum Gasteiger partial charge on any atom is 0.308 e. The van der Waals surface area contributed by atoms with Crippen LogP contribution in [0.2, 0.25) is 0 Å². The van der Waals surface area contributed by atoms with Gasteiger partial charge in [0.2, 0.25) is 5.95 Å². The zero-order valence-corrected chi connectivity index (χ0v) is 24.6. The number of ether oxygens (including phenoxy) is 1. The number of pyridine rings is 1. The number of aliphatic carboxylic acids is 1. The van der Waals surface area contributed by atoms with E-state index in [-0.39, 0.29) is 12.0 Å². The quantitative estimate of drug-likeness (QED) is 0.221. The summed E-state index contributed by atoms with van der Waals surface area (Å²) in [5.74, 6) is -0.0336. The van der Waals surface area contributed by atoms with Crippen molar-refractivity contribution in [3.05, 3.63) is 102 Å². The molecule has 0 bridgehead atoms. The largest absolute Gasteiger partial charge is 0.481 e. The molecule has 1 aliphatic heterocycles. The average molecular weight is 602 g/mol. The minimum absolute atomic E-state index is 0.208. The van der Waals surface area contributed by atoms with Gasteiger partial charge in [0.05, 0.1) is 60.0 Å². The fourth-order valence-electron chi connectivity index (χ4n) is 5.33. The Bertz CT molecular complexity index is 1840. The van der Waals surface area contributed by atoms with E-state index in [4.69, 9.17) is 19.7 Å². The number of nitrogens with one attached hydrogen (secondary N) is 1. The number of aromatic nitrogens is 6. The lowest BCUT2D eigenvalue weighted by atomic mass is 10.1. The van der Waals surface area contributed by atoms with E-state index < -0.39 is 5.97 Å². The number of carboxylic acid groups (broad SMARTS) is 1. The molecule has 2 aromatic carbocycles. The first-order valence-corrected chi connectivity index (χ1v) is 14.5. The van der Waals surface area contributed by atoms with E-state index in [0.717, 1.165) is 22.6 Å². The number of hydrogen-bond donors (Lipinski definition) is 2. The van der Waals surface area contributed by atoms with Gasteiger partial charge in [-0.3, -0.25) is 4.79 Å². The van der Waals surface area contributed by atoms with Crippen molar-refractivity contribution < 1.29 is 14.6 Å². The van der Waals surface area contributed by atoms with Crippen molar-refractivity contribution >= 4 is 17.7 Å². The number of nitriles is 1. The number of hydrogen-bond acceptors (Lipinski definition) is 10. The van der Waals surface area contributed by atoms with Crippen LogP contribution in [-0.2, 0) is 16.1 Å². The molecule has 5 aromatic rings. The van der Waals surface area contributed by atoms with Crippen LogP contribution in [0.25, 0.3) is 22.6 Å². The topological polar surface area (TPSA) is 155 Å². The molecule has 12 heteroatoms. The van der Waals surface area contributed by atoms with Crippen molar-refractivity contribution in [2.45, 2.75) is 19.0 Å². The van der Waals surface area contributed by atoms with Crippen molar-refractivity contribution in [3.8, 4) is 28.7 Å². The van der Waals surface area contributed by atoms with Gasteiger partial charge in [-0.25, -0.2) is 19.6 Å². The van der Waals surface area contributed by atoms with Gasteiger partial charge in [-0.15, -0.1) is 5.10 Å². The summed E-state index contributed by atoms with van der Waals surface area (Å²) in [6, 6.07) is 26.7. The predicted molar refractivity (Wildman–Crippen MR) is 167 cm³/mol. The molecular weight excluding hydrogens is 570 g/mol. The van der Waals surface area contributed by atoms with E-state index in [1.165, 1.54) is 0 Å².